The Labute approximate surface area is 231 Å². The predicted molar refractivity (Wildman–Crippen MR) is 144 cm³/mol. The van der Waals surface area contributed by atoms with Crippen LogP contribution in [0.5, 0.6) is 0 Å². The van der Waals surface area contributed by atoms with Crippen molar-refractivity contribution in [3.05, 3.63) is 34.9 Å². The van der Waals surface area contributed by atoms with Gasteiger partial charge in [0.1, 0.15) is 18.8 Å². The molecule has 0 spiro atoms. The number of Topliss-reactive ketones (excluding diaryl/α,β-unsaturated/α-hetero) is 1. The smallest absolute Gasteiger partial charge is 0.333 e. The maximum absolute atomic E-state index is 13.3. The first-order valence-corrected chi connectivity index (χ1v) is 14.0. The minimum atomic E-state index is -1.84. The molecule has 2 fully saturated rings. The second-order valence-electron chi connectivity index (χ2n) is 12.9. The monoisotopic (exact) mass is 544 g/mol. The topological polar surface area (TPSA) is 119 Å². The molecule has 0 saturated heterocycles. The first-order valence-electron chi connectivity index (χ1n) is 14.0. The lowest BCUT2D eigenvalue weighted by atomic mass is 9.60. The van der Waals surface area contributed by atoms with Crippen molar-refractivity contribution in [2.45, 2.75) is 85.0 Å². The molecule has 8 nitrogen and oxygen atoms in total. The number of aliphatic hydroxyl groups is 2. The van der Waals surface area contributed by atoms with Crippen LogP contribution in [0.2, 0.25) is 0 Å². The van der Waals surface area contributed by atoms with Crippen LogP contribution in [0.25, 0.3) is 0 Å². The molecule has 0 radical (unpaired) electrons. The summed E-state index contributed by atoms with van der Waals surface area (Å²) in [5, 5.41) is 24.5. The summed E-state index contributed by atoms with van der Waals surface area (Å²) >= 11 is 0. The molecule has 4 rings (SSSR count). The summed E-state index contributed by atoms with van der Waals surface area (Å²) in [6, 6.07) is 0. The Hall–Kier alpha value is -2.29. The maximum Gasteiger partial charge on any atom is 0.333 e. The average Bonchev–Trinajstić information content (AvgIpc) is 3.33. The van der Waals surface area contributed by atoms with Gasteiger partial charge in [-0.15, -0.1) is 0 Å². The molecule has 0 amide bonds. The Balaban J connectivity index is 1.83. The van der Waals surface area contributed by atoms with E-state index in [9.17, 15) is 24.6 Å². The molecule has 4 aliphatic rings. The summed E-state index contributed by atoms with van der Waals surface area (Å²) in [7, 11) is 0. The third kappa shape index (κ3) is 4.43. The molecule has 39 heavy (non-hydrogen) atoms. The van der Waals surface area contributed by atoms with Gasteiger partial charge in [0.05, 0.1) is 11.2 Å². The van der Waals surface area contributed by atoms with Gasteiger partial charge < -0.3 is 24.4 Å². The van der Waals surface area contributed by atoms with Gasteiger partial charge in [-0.2, -0.15) is 0 Å². The Morgan fingerprint density at radius 3 is 2.44 bits per heavy atom. The molecule has 4 aliphatic carbocycles. The van der Waals surface area contributed by atoms with Crippen molar-refractivity contribution in [3.63, 3.8) is 0 Å². The van der Waals surface area contributed by atoms with Crippen molar-refractivity contribution in [3.8, 4) is 0 Å². The van der Waals surface area contributed by atoms with E-state index in [-0.39, 0.29) is 37.4 Å². The van der Waals surface area contributed by atoms with Gasteiger partial charge in [0.15, 0.2) is 5.78 Å². The van der Waals surface area contributed by atoms with Crippen molar-refractivity contribution in [2.24, 2.45) is 35.0 Å². The molecule has 2 N–H and O–H groups in total. The van der Waals surface area contributed by atoms with Crippen LogP contribution in [0.15, 0.2) is 34.9 Å². The molecule has 0 aromatic rings. The number of carbonyl (C=O) groups excluding carboxylic acids is 3. The highest BCUT2D eigenvalue weighted by molar-refractivity contribution is 6.04. The molecule has 8 heteroatoms. The molecule has 0 heterocycles. The minimum Gasteiger partial charge on any atom is -0.462 e. The van der Waals surface area contributed by atoms with E-state index in [0.29, 0.717) is 29.7 Å². The van der Waals surface area contributed by atoms with Crippen LogP contribution >= 0.6 is 0 Å². The van der Waals surface area contributed by atoms with Crippen molar-refractivity contribution < 1.29 is 38.8 Å². The maximum atomic E-state index is 13.3. The number of esters is 2. The largest absolute Gasteiger partial charge is 0.462 e. The molecular weight excluding hydrogens is 500 g/mol. The fourth-order valence-electron chi connectivity index (χ4n) is 7.66. The van der Waals surface area contributed by atoms with Crippen LogP contribution in [0, 0.1) is 35.0 Å². The third-order valence-electron chi connectivity index (χ3n) is 9.85. The number of carbonyl (C=O) groups is 3. The van der Waals surface area contributed by atoms with Crippen molar-refractivity contribution in [1.82, 2.24) is 0 Å². The van der Waals surface area contributed by atoms with Crippen LogP contribution in [-0.2, 0) is 28.6 Å². The van der Waals surface area contributed by atoms with Crippen LogP contribution in [-0.4, -0.2) is 64.6 Å². The van der Waals surface area contributed by atoms with E-state index in [1.165, 1.54) is 6.92 Å². The zero-order chi connectivity index (χ0) is 29.1. The molecule has 0 unspecified atom stereocenters. The van der Waals surface area contributed by atoms with E-state index >= 15 is 0 Å². The standard InChI is InChI=1S/C31H44O8/c1-9-18(4)27(34)38-16-28(8)25-23-11-22(15-37-21(7)32)13-29(35)24(10-19(5)26(29)33)31(23,36)20(6)12-30(25,28)39-14-17(2)3/h9-11,17,20,23-25,35-36H,12-16H2,1-8H3/b18-9-/t20-,23+,24-,25-,28-,29-,30+,31-/m1/s1. The fourth-order valence-corrected chi connectivity index (χ4v) is 7.66. The van der Waals surface area contributed by atoms with Crippen molar-refractivity contribution in [1.29, 1.82) is 0 Å². The first kappa shape index (κ1) is 29.7. The minimum absolute atomic E-state index is 0.0398. The van der Waals surface area contributed by atoms with Gasteiger partial charge in [-0.25, -0.2) is 4.79 Å². The number of allylic oxidation sites excluding steroid dienone is 1. The Kier molecular flexibility index (Phi) is 7.58. The number of hydrogen-bond acceptors (Lipinski definition) is 8. The average molecular weight is 545 g/mol. The highest BCUT2D eigenvalue weighted by atomic mass is 16.5. The van der Waals surface area contributed by atoms with Gasteiger partial charge in [0, 0.05) is 48.7 Å². The number of hydrogen-bond donors (Lipinski definition) is 2. The lowest BCUT2D eigenvalue weighted by molar-refractivity contribution is -0.183. The van der Waals surface area contributed by atoms with Crippen LogP contribution in [0.3, 0.4) is 0 Å². The van der Waals surface area contributed by atoms with Gasteiger partial charge in [-0.1, -0.05) is 45.9 Å². The first-order chi connectivity index (χ1) is 18.1. The second-order valence-corrected chi connectivity index (χ2v) is 12.9. The highest BCUT2D eigenvalue weighted by Crippen LogP contribution is 2.76. The van der Waals surface area contributed by atoms with Gasteiger partial charge in [-0.3, -0.25) is 9.59 Å². The summed E-state index contributed by atoms with van der Waals surface area (Å²) < 4.78 is 17.8. The molecular formula is C31H44O8. The summed E-state index contributed by atoms with van der Waals surface area (Å²) in [6.07, 6.45) is 5.76. The second kappa shape index (κ2) is 9.96. The number of rotatable bonds is 8. The van der Waals surface area contributed by atoms with E-state index in [1.807, 2.05) is 19.9 Å². The summed E-state index contributed by atoms with van der Waals surface area (Å²) in [5.41, 5.74) is -3.11. The molecule has 2 saturated carbocycles. The van der Waals surface area contributed by atoms with E-state index in [4.69, 9.17) is 14.2 Å². The molecule has 0 aliphatic heterocycles. The highest BCUT2D eigenvalue weighted by Gasteiger charge is 2.84. The molecule has 0 bridgehead atoms. The molecule has 216 valence electrons. The fraction of sp³-hybridized carbons (Fsp3) is 0.710. The predicted octanol–water partition coefficient (Wildman–Crippen LogP) is 3.70. The van der Waals surface area contributed by atoms with Gasteiger partial charge in [-0.05, 0) is 50.2 Å². The van der Waals surface area contributed by atoms with Gasteiger partial charge in [0.25, 0.3) is 0 Å². The van der Waals surface area contributed by atoms with Crippen LogP contribution in [0.4, 0.5) is 0 Å². The van der Waals surface area contributed by atoms with Crippen LogP contribution < -0.4 is 0 Å². The molecule has 0 aromatic heterocycles. The quantitative estimate of drug-likeness (QED) is 0.270. The van der Waals surface area contributed by atoms with E-state index < -0.39 is 51.8 Å². The molecule has 8 atom stereocenters. The Morgan fingerprint density at radius 2 is 1.85 bits per heavy atom. The molecule has 0 aromatic carbocycles. The Bertz CT molecular complexity index is 1150. The van der Waals surface area contributed by atoms with E-state index in [0.717, 1.165) is 0 Å². The lowest BCUT2D eigenvalue weighted by Gasteiger charge is -2.50. The van der Waals surface area contributed by atoms with Crippen molar-refractivity contribution in [2.75, 3.05) is 19.8 Å². The lowest BCUT2D eigenvalue weighted by Crippen LogP contribution is -2.61. The van der Waals surface area contributed by atoms with Crippen molar-refractivity contribution >= 4 is 17.7 Å². The van der Waals surface area contributed by atoms with Gasteiger partial charge in [0.2, 0.25) is 0 Å². The summed E-state index contributed by atoms with van der Waals surface area (Å²) in [5.74, 6) is -3.03. The number of ether oxygens (including phenoxy) is 3. The third-order valence-corrected chi connectivity index (χ3v) is 9.85. The normalized spacial score (nSPS) is 41.1. The summed E-state index contributed by atoms with van der Waals surface area (Å²) in [6.45, 7) is 15.1. The van der Waals surface area contributed by atoms with Gasteiger partial charge >= 0.3 is 11.9 Å². The summed E-state index contributed by atoms with van der Waals surface area (Å²) in [4.78, 5) is 37.6. The zero-order valence-electron chi connectivity index (χ0n) is 24.5. The zero-order valence-corrected chi connectivity index (χ0v) is 24.5. The number of fused-ring (bicyclic) bond motifs is 5. The van der Waals surface area contributed by atoms with E-state index in [2.05, 4.69) is 13.8 Å². The SMILES string of the molecule is C/C=C(/C)C(=O)OC[C@]1(C)[C@H]2[C@@H]3C=C(COC(C)=O)C[C@]4(O)C(=O)C(C)=C[C@H]4[C@@]3(O)[C@H](C)C[C@]21OCC(C)C. The number of ketones is 1. The van der Waals surface area contributed by atoms with E-state index in [1.54, 1.807) is 32.9 Å². The Morgan fingerprint density at radius 1 is 1.18 bits per heavy atom. The van der Waals surface area contributed by atoms with Crippen LogP contribution in [0.1, 0.15) is 68.2 Å².